The number of sulfonamides is 1. The third-order valence-corrected chi connectivity index (χ3v) is 8.82. The zero-order valence-corrected chi connectivity index (χ0v) is 24.5. The maximum atomic E-state index is 13.7. The summed E-state index contributed by atoms with van der Waals surface area (Å²) in [5.74, 6) is 1.13. The number of hydrogen-bond donors (Lipinski definition) is 1. The fraction of sp³-hybridized carbons (Fsp3) is 0.483. The number of aromatic nitrogens is 2. The lowest BCUT2D eigenvalue weighted by Gasteiger charge is -2.36. The average molecular weight is 568 g/mol. The number of para-hydroxylation sites is 1. The van der Waals surface area contributed by atoms with Gasteiger partial charge >= 0.3 is 12.1 Å². The third kappa shape index (κ3) is 5.65. The van der Waals surface area contributed by atoms with Gasteiger partial charge in [0, 0.05) is 13.1 Å². The molecule has 1 aliphatic heterocycles. The molecule has 1 saturated carbocycles. The highest BCUT2D eigenvalue weighted by Gasteiger charge is 2.48. The molecule has 0 saturated heterocycles. The van der Waals surface area contributed by atoms with Gasteiger partial charge in [-0.05, 0) is 75.8 Å². The Hall–Kier alpha value is -3.60. The van der Waals surface area contributed by atoms with E-state index in [0.717, 1.165) is 27.3 Å². The first-order valence-electron chi connectivity index (χ1n) is 13.7. The largest absolute Gasteiger partial charge is 0.444 e. The first kappa shape index (κ1) is 27.9. The third-order valence-electron chi connectivity index (χ3n) is 6.95. The predicted molar refractivity (Wildman–Crippen MR) is 152 cm³/mol. The molecule has 2 aromatic carbocycles. The van der Waals surface area contributed by atoms with E-state index in [4.69, 9.17) is 9.72 Å². The molecule has 0 radical (unpaired) electrons. The molecule has 1 fully saturated rings. The summed E-state index contributed by atoms with van der Waals surface area (Å²) in [6.45, 7) is 10.9. The number of urea groups is 1. The Morgan fingerprint density at radius 1 is 1.15 bits per heavy atom. The molecule has 40 heavy (non-hydrogen) atoms. The maximum absolute atomic E-state index is 13.7. The fourth-order valence-corrected chi connectivity index (χ4v) is 6.68. The van der Waals surface area contributed by atoms with E-state index in [1.807, 2.05) is 39.0 Å². The number of carbonyl (C=O) groups is 2. The van der Waals surface area contributed by atoms with Crippen molar-refractivity contribution in [2.24, 2.45) is 5.92 Å². The summed E-state index contributed by atoms with van der Waals surface area (Å²) in [6.07, 6.45) is 1.77. The highest BCUT2D eigenvalue weighted by molar-refractivity contribution is 7.90. The van der Waals surface area contributed by atoms with Crippen LogP contribution in [0.2, 0.25) is 0 Å². The van der Waals surface area contributed by atoms with Crippen LogP contribution >= 0.6 is 0 Å². The lowest BCUT2D eigenvalue weighted by molar-refractivity contribution is 0.0523. The van der Waals surface area contributed by atoms with E-state index < -0.39 is 27.7 Å². The van der Waals surface area contributed by atoms with Crippen LogP contribution in [0, 0.1) is 5.92 Å². The molecule has 0 atom stereocenters. The van der Waals surface area contributed by atoms with Crippen molar-refractivity contribution in [1.82, 2.24) is 19.2 Å². The first-order chi connectivity index (χ1) is 18.8. The van der Waals surface area contributed by atoms with E-state index in [1.54, 1.807) is 24.3 Å². The van der Waals surface area contributed by atoms with Crippen LogP contribution in [0.4, 0.5) is 15.3 Å². The number of anilines is 1. The highest BCUT2D eigenvalue weighted by Crippen LogP contribution is 2.41. The normalized spacial score (nSPS) is 16.9. The Balaban J connectivity index is 1.49. The summed E-state index contributed by atoms with van der Waals surface area (Å²) in [6, 6.07) is 11.7. The molecular weight excluding hydrogens is 530 g/mol. The van der Waals surface area contributed by atoms with E-state index in [9.17, 15) is 18.0 Å². The number of hydrogen-bond acceptors (Lipinski definition) is 6. The van der Waals surface area contributed by atoms with Crippen molar-refractivity contribution in [3.63, 3.8) is 0 Å². The molecule has 10 nitrogen and oxygen atoms in total. The lowest BCUT2D eigenvalue weighted by atomic mass is 10.1. The van der Waals surface area contributed by atoms with Gasteiger partial charge in [-0.1, -0.05) is 32.0 Å². The number of nitrogens with zero attached hydrogens (tertiary/aromatic N) is 4. The molecule has 0 spiro atoms. The van der Waals surface area contributed by atoms with E-state index in [2.05, 4.69) is 23.7 Å². The van der Waals surface area contributed by atoms with Crippen LogP contribution in [0.5, 0.6) is 0 Å². The predicted octanol–water partition coefficient (Wildman–Crippen LogP) is 5.40. The standard InChI is InChI=1S/C29H37N5O5S/c1-19(2)14-15-32-23-13-10-20(17-30-27(35)39-29(3,4)5)16-22(23)31-26(32)18-33-24-8-6-7-9-25(24)40(37,38)34(28(33)36)21-11-12-21/h6-10,13,16,19,21H,11-12,14-15,17-18H2,1-5H3,(H,30,35). The van der Waals surface area contributed by atoms with Crippen molar-refractivity contribution in [2.75, 3.05) is 4.90 Å². The van der Waals surface area contributed by atoms with Gasteiger partial charge in [0.25, 0.3) is 10.0 Å². The molecular formula is C29H37N5O5S. The zero-order valence-electron chi connectivity index (χ0n) is 23.7. The van der Waals surface area contributed by atoms with Gasteiger partial charge in [-0.2, -0.15) is 0 Å². The Morgan fingerprint density at radius 2 is 1.88 bits per heavy atom. The van der Waals surface area contributed by atoms with Gasteiger partial charge in [-0.15, -0.1) is 0 Å². The first-order valence-corrected chi connectivity index (χ1v) is 15.2. The van der Waals surface area contributed by atoms with Crippen LogP contribution in [-0.4, -0.2) is 46.0 Å². The molecule has 0 unspecified atom stereocenters. The number of alkyl carbamates (subject to hydrolysis) is 1. The smallest absolute Gasteiger partial charge is 0.407 e. The number of amides is 3. The minimum absolute atomic E-state index is 0.132. The number of carbonyl (C=O) groups excluding carboxylic acids is 2. The highest BCUT2D eigenvalue weighted by atomic mass is 32.2. The van der Waals surface area contributed by atoms with Crippen molar-refractivity contribution in [3.05, 3.63) is 53.9 Å². The number of rotatable bonds is 8. The molecule has 3 aromatic rings. The minimum atomic E-state index is -3.91. The summed E-state index contributed by atoms with van der Waals surface area (Å²) in [7, 11) is -3.91. The Labute approximate surface area is 235 Å². The summed E-state index contributed by atoms with van der Waals surface area (Å²) >= 11 is 0. The van der Waals surface area contributed by atoms with Gasteiger partial charge in [0.05, 0.1) is 29.3 Å². The Bertz CT molecular complexity index is 1550. The fourth-order valence-electron chi connectivity index (χ4n) is 4.87. The van der Waals surface area contributed by atoms with Gasteiger partial charge in [0.1, 0.15) is 16.3 Å². The van der Waals surface area contributed by atoms with Crippen LogP contribution in [-0.2, 0) is 34.4 Å². The molecule has 1 aromatic heterocycles. The van der Waals surface area contributed by atoms with E-state index in [1.165, 1.54) is 4.90 Å². The van der Waals surface area contributed by atoms with Crippen molar-refractivity contribution < 1.29 is 22.7 Å². The van der Waals surface area contributed by atoms with E-state index >= 15 is 0 Å². The van der Waals surface area contributed by atoms with Gasteiger partial charge in [-0.25, -0.2) is 27.3 Å². The summed E-state index contributed by atoms with van der Waals surface area (Å²) < 4.78 is 35.1. The van der Waals surface area contributed by atoms with Crippen LogP contribution in [0.25, 0.3) is 11.0 Å². The van der Waals surface area contributed by atoms with Crippen LogP contribution in [0.1, 0.15) is 65.3 Å². The SMILES string of the molecule is CC(C)CCn1c(CN2C(=O)N(C3CC3)S(=O)(=O)c3ccccc32)nc2cc(CNC(=O)OC(C)(C)C)ccc21. The number of nitrogens with one attached hydrogen (secondary N) is 1. The number of benzene rings is 2. The lowest BCUT2D eigenvalue weighted by Crippen LogP contribution is -2.51. The van der Waals surface area contributed by atoms with Gasteiger partial charge in [0.15, 0.2) is 0 Å². The summed E-state index contributed by atoms with van der Waals surface area (Å²) in [5, 5.41) is 2.78. The molecule has 5 rings (SSSR count). The molecule has 1 N–H and O–H groups in total. The number of fused-ring (bicyclic) bond motifs is 2. The van der Waals surface area contributed by atoms with Gasteiger partial charge < -0.3 is 14.6 Å². The van der Waals surface area contributed by atoms with Gasteiger partial charge in [0.2, 0.25) is 0 Å². The molecule has 2 aliphatic rings. The number of ether oxygens (including phenoxy) is 1. The van der Waals surface area contributed by atoms with Gasteiger partial charge in [-0.3, -0.25) is 4.90 Å². The molecule has 1 aliphatic carbocycles. The maximum Gasteiger partial charge on any atom is 0.407 e. The molecule has 214 valence electrons. The molecule has 11 heteroatoms. The topological polar surface area (TPSA) is 114 Å². The Kier molecular flexibility index (Phi) is 7.28. The Morgan fingerprint density at radius 3 is 2.55 bits per heavy atom. The minimum Gasteiger partial charge on any atom is -0.444 e. The second-order valence-corrected chi connectivity index (χ2v) is 13.7. The molecule has 0 bridgehead atoms. The van der Waals surface area contributed by atoms with Crippen LogP contribution in [0.3, 0.4) is 0 Å². The second kappa shape index (κ2) is 10.4. The van der Waals surface area contributed by atoms with Crippen molar-refractivity contribution in [1.29, 1.82) is 0 Å². The van der Waals surface area contributed by atoms with Crippen molar-refractivity contribution in [3.8, 4) is 0 Å². The molecule has 2 heterocycles. The van der Waals surface area contributed by atoms with E-state index in [-0.39, 0.29) is 24.0 Å². The number of aryl methyl sites for hydroxylation is 1. The average Bonchev–Trinajstić information content (AvgIpc) is 3.63. The zero-order chi connectivity index (χ0) is 28.8. The monoisotopic (exact) mass is 567 g/mol. The summed E-state index contributed by atoms with van der Waals surface area (Å²) in [5.41, 5.74) is 2.31. The second-order valence-electron chi connectivity index (χ2n) is 11.9. The quantitative estimate of drug-likeness (QED) is 0.390. The number of imidazole rings is 1. The van der Waals surface area contributed by atoms with Crippen LogP contribution < -0.4 is 10.2 Å². The van der Waals surface area contributed by atoms with Crippen molar-refractivity contribution >= 4 is 38.9 Å². The molecule has 3 amide bonds. The summed E-state index contributed by atoms with van der Waals surface area (Å²) in [4.78, 5) is 32.4. The van der Waals surface area contributed by atoms with Crippen molar-refractivity contribution in [2.45, 2.75) is 90.1 Å². The van der Waals surface area contributed by atoms with E-state index in [0.29, 0.717) is 36.8 Å². The van der Waals surface area contributed by atoms with Crippen LogP contribution in [0.15, 0.2) is 47.4 Å².